The number of benzene rings is 1. The van der Waals surface area contributed by atoms with Gasteiger partial charge in [0, 0.05) is 6.20 Å². The van der Waals surface area contributed by atoms with Crippen LogP contribution >= 0.6 is 0 Å². The third-order valence-electron chi connectivity index (χ3n) is 3.35. The maximum atomic E-state index is 11.2. The van der Waals surface area contributed by atoms with Crippen LogP contribution in [0.1, 0.15) is 11.3 Å². The number of nitrogens with two attached hydrogens (primary N) is 1. The lowest BCUT2D eigenvalue weighted by Gasteiger charge is -1.99. The summed E-state index contributed by atoms with van der Waals surface area (Å²) in [4.78, 5) is 4.49. The lowest BCUT2D eigenvalue weighted by molar-refractivity contribution is 0.598. The molecule has 2 aromatic heterocycles. The van der Waals surface area contributed by atoms with Gasteiger partial charge in [-0.15, -0.1) is 10.2 Å². The lowest BCUT2D eigenvalue weighted by Crippen LogP contribution is -2.11. The minimum absolute atomic E-state index is 0.0397. The fourth-order valence-electron chi connectivity index (χ4n) is 2.18. The van der Waals surface area contributed by atoms with Crippen molar-refractivity contribution in [3.8, 4) is 0 Å². The fourth-order valence-corrected chi connectivity index (χ4v) is 2.69. The van der Waals surface area contributed by atoms with Crippen LogP contribution in [0.25, 0.3) is 5.65 Å². The number of imidazole rings is 1. The summed E-state index contributed by atoms with van der Waals surface area (Å²) >= 11 is 0. The van der Waals surface area contributed by atoms with Gasteiger partial charge in [-0.3, -0.25) is 4.40 Å². The monoisotopic (exact) mass is 329 g/mol. The van der Waals surface area contributed by atoms with Gasteiger partial charge in [0.05, 0.1) is 16.3 Å². The van der Waals surface area contributed by atoms with Crippen LogP contribution in [-0.4, -0.2) is 17.8 Å². The zero-order chi connectivity index (χ0) is 16.6. The number of sulfonamides is 1. The van der Waals surface area contributed by atoms with E-state index >= 15 is 0 Å². The number of rotatable bonds is 3. The Balaban J connectivity index is 1.95. The largest absolute Gasteiger partial charge is 0.283 e. The van der Waals surface area contributed by atoms with E-state index in [1.165, 1.54) is 12.1 Å². The van der Waals surface area contributed by atoms with Crippen LogP contribution in [0.5, 0.6) is 0 Å². The van der Waals surface area contributed by atoms with E-state index in [1.807, 2.05) is 36.6 Å². The highest BCUT2D eigenvalue weighted by atomic mass is 32.2. The molecule has 0 unspecified atom stereocenters. The van der Waals surface area contributed by atoms with Crippen LogP contribution < -0.4 is 5.14 Å². The van der Waals surface area contributed by atoms with Crippen molar-refractivity contribution in [1.82, 2.24) is 9.38 Å². The molecule has 0 atom stereocenters. The smallest absolute Gasteiger partial charge is 0.238 e. The normalized spacial score (nSPS) is 12.3. The number of primary sulfonamides is 1. The molecule has 0 spiro atoms. The van der Waals surface area contributed by atoms with Gasteiger partial charge in [-0.2, -0.15) is 0 Å². The van der Waals surface area contributed by atoms with Crippen LogP contribution in [0.3, 0.4) is 0 Å². The first-order valence-corrected chi connectivity index (χ1v) is 8.39. The third kappa shape index (κ3) is 3.13. The van der Waals surface area contributed by atoms with Gasteiger partial charge < -0.3 is 0 Å². The first-order chi connectivity index (χ1) is 10.8. The van der Waals surface area contributed by atoms with E-state index in [0.717, 1.165) is 16.9 Å². The predicted octanol–water partition coefficient (Wildman–Crippen LogP) is 3.01. The summed E-state index contributed by atoms with van der Waals surface area (Å²) in [6.07, 6.45) is 1.89. The molecule has 7 nitrogen and oxygen atoms in total. The maximum Gasteiger partial charge on any atom is 0.238 e. The Morgan fingerprint density at radius 2 is 1.78 bits per heavy atom. The van der Waals surface area contributed by atoms with E-state index in [9.17, 15) is 8.42 Å². The second-order valence-corrected chi connectivity index (χ2v) is 6.75. The molecule has 0 aliphatic carbocycles. The van der Waals surface area contributed by atoms with Crippen LogP contribution in [0.4, 0.5) is 11.5 Å². The van der Waals surface area contributed by atoms with Crippen molar-refractivity contribution >= 4 is 27.2 Å². The minimum Gasteiger partial charge on any atom is -0.283 e. The Bertz CT molecular complexity index is 1000. The number of nitrogens with zero attached hydrogens (tertiary/aromatic N) is 4. The molecule has 1 aromatic carbocycles. The van der Waals surface area contributed by atoms with Gasteiger partial charge in [0.25, 0.3) is 0 Å². The van der Waals surface area contributed by atoms with Crippen molar-refractivity contribution in [2.75, 3.05) is 0 Å². The second-order valence-electron chi connectivity index (χ2n) is 5.19. The highest BCUT2D eigenvalue weighted by molar-refractivity contribution is 7.89. The Labute approximate surface area is 133 Å². The number of aromatic nitrogens is 2. The zero-order valence-corrected chi connectivity index (χ0v) is 13.4. The van der Waals surface area contributed by atoms with Gasteiger partial charge in [-0.1, -0.05) is 0 Å². The molecule has 23 heavy (non-hydrogen) atoms. The Hall–Kier alpha value is -2.58. The second kappa shape index (κ2) is 5.56. The Morgan fingerprint density at radius 3 is 2.43 bits per heavy atom. The Kier molecular flexibility index (Phi) is 3.70. The van der Waals surface area contributed by atoms with Gasteiger partial charge in [-0.05, 0) is 55.8 Å². The fraction of sp³-hybridized carbons (Fsp3) is 0.133. The summed E-state index contributed by atoms with van der Waals surface area (Å²) in [5.41, 5.74) is 3.21. The quantitative estimate of drug-likeness (QED) is 0.747. The van der Waals surface area contributed by atoms with E-state index in [2.05, 4.69) is 15.2 Å². The van der Waals surface area contributed by atoms with Gasteiger partial charge >= 0.3 is 0 Å². The van der Waals surface area contributed by atoms with E-state index in [1.54, 1.807) is 12.1 Å². The summed E-state index contributed by atoms with van der Waals surface area (Å²) in [5, 5.41) is 13.4. The van der Waals surface area contributed by atoms with Crippen LogP contribution in [0, 0.1) is 13.8 Å². The van der Waals surface area contributed by atoms with Crippen LogP contribution in [0.2, 0.25) is 0 Å². The van der Waals surface area contributed by atoms with E-state index in [4.69, 9.17) is 5.14 Å². The van der Waals surface area contributed by atoms with Crippen molar-refractivity contribution in [2.45, 2.75) is 18.7 Å². The van der Waals surface area contributed by atoms with Gasteiger partial charge in [-0.25, -0.2) is 18.5 Å². The summed E-state index contributed by atoms with van der Waals surface area (Å²) in [6.45, 7) is 3.86. The molecule has 0 saturated carbocycles. The van der Waals surface area contributed by atoms with Gasteiger partial charge in [0.15, 0.2) is 5.82 Å². The Morgan fingerprint density at radius 1 is 1.09 bits per heavy atom. The molecule has 0 fully saturated rings. The zero-order valence-electron chi connectivity index (χ0n) is 12.6. The van der Waals surface area contributed by atoms with Gasteiger partial charge in [0.2, 0.25) is 10.0 Å². The predicted molar refractivity (Wildman–Crippen MR) is 86.7 cm³/mol. The number of aryl methyl sites for hydroxylation is 2. The highest BCUT2D eigenvalue weighted by Gasteiger charge is 2.09. The topological polar surface area (TPSA) is 102 Å². The summed E-state index contributed by atoms with van der Waals surface area (Å²) in [5.74, 6) is 0.635. The number of fused-ring (bicyclic) bond motifs is 1. The molecule has 3 aromatic rings. The SMILES string of the molecule is Cc1ccn2c(N=Nc3ccc(S(N)(=O)=O)cc3)c(C)nc2c1. The minimum atomic E-state index is -3.70. The van der Waals surface area contributed by atoms with Crippen molar-refractivity contribution in [3.05, 3.63) is 53.9 Å². The number of hydrogen-bond donors (Lipinski definition) is 1. The number of pyridine rings is 1. The van der Waals surface area contributed by atoms with E-state index in [0.29, 0.717) is 11.5 Å². The molecule has 0 aliphatic heterocycles. The number of hydrogen-bond acceptors (Lipinski definition) is 5. The molecule has 2 N–H and O–H groups in total. The molecule has 3 rings (SSSR count). The summed E-state index contributed by atoms with van der Waals surface area (Å²) in [7, 11) is -3.70. The average molecular weight is 329 g/mol. The molecular weight excluding hydrogens is 314 g/mol. The molecule has 8 heteroatoms. The molecule has 0 saturated heterocycles. The van der Waals surface area contributed by atoms with Crippen molar-refractivity contribution in [3.63, 3.8) is 0 Å². The number of azo groups is 1. The standard InChI is InChI=1S/C15H15N5O2S/c1-10-7-8-20-14(9-10)17-11(2)15(20)19-18-12-3-5-13(6-4-12)23(16,21)22/h3-9H,1-2H3,(H2,16,21,22). The first-order valence-electron chi connectivity index (χ1n) is 6.84. The summed E-state index contributed by atoms with van der Waals surface area (Å²) < 4.78 is 24.3. The average Bonchev–Trinajstić information content (AvgIpc) is 2.79. The van der Waals surface area contributed by atoms with Crippen LogP contribution in [0.15, 0.2) is 57.7 Å². The molecular formula is C15H15N5O2S. The molecule has 0 bridgehead atoms. The van der Waals surface area contributed by atoms with E-state index in [-0.39, 0.29) is 4.90 Å². The highest BCUT2D eigenvalue weighted by Crippen LogP contribution is 2.24. The van der Waals surface area contributed by atoms with E-state index < -0.39 is 10.0 Å². The van der Waals surface area contributed by atoms with Crippen molar-refractivity contribution < 1.29 is 8.42 Å². The molecule has 118 valence electrons. The van der Waals surface area contributed by atoms with Crippen molar-refractivity contribution in [1.29, 1.82) is 0 Å². The molecule has 0 aliphatic rings. The lowest BCUT2D eigenvalue weighted by atomic mass is 10.3. The molecule has 2 heterocycles. The van der Waals surface area contributed by atoms with Gasteiger partial charge in [0.1, 0.15) is 5.65 Å². The first kappa shape index (κ1) is 15.3. The molecule has 0 radical (unpaired) electrons. The van der Waals surface area contributed by atoms with Crippen molar-refractivity contribution in [2.24, 2.45) is 15.4 Å². The molecule has 0 amide bonds. The van der Waals surface area contributed by atoms with Crippen LogP contribution in [-0.2, 0) is 10.0 Å². The summed E-state index contributed by atoms with van der Waals surface area (Å²) in [6, 6.07) is 9.82. The third-order valence-corrected chi connectivity index (χ3v) is 4.28. The maximum absolute atomic E-state index is 11.2.